The van der Waals surface area contributed by atoms with E-state index in [4.69, 9.17) is 9.47 Å². The van der Waals surface area contributed by atoms with Gasteiger partial charge in [0, 0.05) is 12.1 Å². The molecule has 0 atom stereocenters. The lowest BCUT2D eigenvalue weighted by Gasteiger charge is -2.55. The summed E-state index contributed by atoms with van der Waals surface area (Å²) in [5, 5.41) is 13.2. The fourth-order valence-corrected chi connectivity index (χ4v) is 7.81. The van der Waals surface area contributed by atoms with Gasteiger partial charge in [0.15, 0.2) is 9.84 Å². The van der Waals surface area contributed by atoms with E-state index in [1.807, 2.05) is 0 Å². The van der Waals surface area contributed by atoms with Crippen molar-refractivity contribution >= 4 is 15.9 Å². The number of ether oxygens (including phenoxy) is 2. The number of carbonyl (C=O) groups is 1. The van der Waals surface area contributed by atoms with Crippen molar-refractivity contribution in [2.45, 2.75) is 88.2 Å². The number of fused-ring (bicyclic) bond motifs is 3. The molecule has 7 nitrogen and oxygen atoms in total. The number of halogens is 1. The number of hydrogen-bond donors (Lipinski definition) is 2. The fraction of sp³-hybridized carbons (Fsp3) is 0.667. The van der Waals surface area contributed by atoms with Gasteiger partial charge in [-0.2, -0.15) is 0 Å². The maximum Gasteiger partial charge on any atom is 0.407 e. The molecule has 0 spiro atoms. The Hall–Kier alpha value is -2.13. The number of alkyl carbamates (subject to hydrolysis) is 1. The van der Waals surface area contributed by atoms with Crippen LogP contribution < -0.4 is 10.1 Å². The molecular weight excluding hydrogens is 485 g/mol. The Kier molecular flexibility index (Phi) is 7.20. The quantitative estimate of drug-likeness (QED) is 0.468. The first-order valence-electron chi connectivity index (χ1n) is 12.7. The van der Waals surface area contributed by atoms with Crippen LogP contribution in [0.1, 0.15) is 72.1 Å². The highest BCUT2D eigenvalue weighted by molar-refractivity contribution is 7.91. The first kappa shape index (κ1) is 26.9. The van der Waals surface area contributed by atoms with Crippen molar-refractivity contribution in [3.63, 3.8) is 0 Å². The van der Waals surface area contributed by atoms with Crippen LogP contribution in [0.25, 0.3) is 0 Å². The third kappa shape index (κ3) is 5.88. The average Bonchev–Trinajstić information content (AvgIpc) is 3.58. The number of rotatable bonds is 9. The third-order valence-corrected chi connectivity index (χ3v) is 10.2. The van der Waals surface area contributed by atoms with Crippen LogP contribution >= 0.6 is 0 Å². The zero-order chi connectivity index (χ0) is 26.2. The van der Waals surface area contributed by atoms with Crippen molar-refractivity contribution in [1.82, 2.24) is 5.32 Å². The van der Waals surface area contributed by atoms with Gasteiger partial charge in [-0.15, -0.1) is 0 Å². The van der Waals surface area contributed by atoms with E-state index in [0.717, 1.165) is 51.4 Å². The van der Waals surface area contributed by atoms with Gasteiger partial charge in [-0.25, -0.2) is 17.6 Å². The maximum absolute atomic E-state index is 13.2. The molecule has 9 heteroatoms. The van der Waals surface area contributed by atoms with Gasteiger partial charge in [-0.05, 0) is 107 Å². The Labute approximate surface area is 213 Å². The van der Waals surface area contributed by atoms with Crippen molar-refractivity contribution in [3.05, 3.63) is 36.2 Å². The summed E-state index contributed by atoms with van der Waals surface area (Å²) >= 11 is 0. The standard InChI is InChI=1S/C27H38FNO6S/c1-24(2,3)35-23(30)29-17-20(16-28)18-34-21-4-6-22(7-5-21)36(32,33)19-25-8-11-26(12-9-25,13-10-25)27(31)14-15-27/h4-7,16,31H,8-15,17-19H2,1-3H3,(H,29,30)/b20-16+. The number of aliphatic hydroxyl groups is 1. The largest absolute Gasteiger partial charge is 0.489 e. The molecule has 0 aliphatic heterocycles. The van der Waals surface area contributed by atoms with E-state index in [-0.39, 0.29) is 40.2 Å². The average molecular weight is 524 g/mol. The third-order valence-electron chi connectivity index (χ3n) is 8.23. The predicted molar refractivity (Wildman–Crippen MR) is 134 cm³/mol. The van der Waals surface area contributed by atoms with E-state index in [0.29, 0.717) is 12.1 Å². The smallest absolute Gasteiger partial charge is 0.407 e. The lowest BCUT2D eigenvalue weighted by atomic mass is 9.52. The maximum atomic E-state index is 13.2. The summed E-state index contributed by atoms with van der Waals surface area (Å²) in [6.07, 6.45) is 6.80. The van der Waals surface area contributed by atoms with Crippen molar-refractivity contribution in [3.8, 4) is 5.75 Å². The molecular formula is C27H38FNO6S. The van der Waals surface area contributed by atoms with E-state index < -0.39 is 27.1 Å². The Morgan fingerprint density at radius 1 is 1.06 bits per heavy atom. The van der Waals surface area contributed by atoms with Crippen molar-refractivity contribution < 1.29 is 32.2 Å². The number of benzene rings is 1. The summed E-state index contributed by atoms with van der Waals surface area (Å²) < 4.78 is 50.4. The highest BCUT2D eigenvalue weighted by Crippen LogP contribution is 2.67. The van der Waals surface area contributed by atoms with Crippen molar-refractivity contribution in [2.75, 3.05) is 18.9 Å². The second kappa shape index (κ2) is 9.63. The van der Waals surface area contributed by atoms with E-state index in [9.17, 15) is 22.7 Å². The summed E-state index contributed by atoms with van der Waals surface area (Å²) in [6.45, 7) is 5.04. The number of sulfone groups is 1. The van der Waals surface area contributed by atoms with Gasteiger partial charge in [0.25, 0.3) is 0 Å². The van der Waals surface area contributed by atoms with Gasteiger partial charge in [-0.1, -0.05) is 0 Å². The Morgan fingerprint density at radius 2 is 1.64 bits per heavy atom. The van der Waals surface area contributed by atoms with E-state index in [1.54, 1.807) is 32.9 Å². The van der Waals surface area contributed by atoms with Crippen molar-refractivity contribution in [1.29, 1.82) is 0 Å². The van der Waals surface area contributed by atoms with Crippen LogP contribution in [0.2, 0.25) is 0 Å². The molecule has 1 aromatic rings. The topological polar surface area (TPSA) is 102 Å². The summed E-state index contributed by atoms with van der Waals surface area (Å²) in [4.78, 5) is 12.0. The monoisotopic (exact) mass is 523 g/mol. The zero-order valence-corrected chi connectivity index (χ0v) is 22.3. The van der Waals surface area contributed by atoms with Crippen LogP contribution in [0.4, 0.5) is 9.18 Å². The van der Waals surface area contributed by atoms with Gasteiger partial charge in [0.05, 0.1) is 22.6 Å². The van der Waals surface area contributed by atoms with E-state index in [2.05, 4.69) is 5.32 Å². The molecule has 0 aromatic heterocycles. The summed E-state index contributed by atoms with van der Waals surface area (Å²) in [6, 6.07) is 6.19. The van der Waals surface area contributed by atoms with Crippen LogP contribution in [-0.4, -0.2) is 49.7 Å². The number of carbonyl (C=O) groups excluding carboxylic acids is 1. The van der Waals surface area contributed by atoms with Crippen LogP contribution in [0.3, 0.4) is 0 Å². The molecule has 0 unspecified atom stereocenters. The Balaban J connectivity index is 1.29. The molecule has 1 amide bonds. The van der Waals surface area contributed by atoms with E-state index in [1.165, 1.54) is 12.1 Å². The van der Waals surface area contributed by atoms with Gasteiger partial charge >= 0.3 is 6.09 Å². The van der Waals surface area contributed by atoms with Gasteiger partial charge < -0.3 is 19.9 Å². The lowest BCUT2D eigenvalue weighted by molar-refractivity contribution is -0.0966. The van der Waals surface area contributed by atoms with Crippen molar-refractivity contribution in [2.24, 2.45) is 10.8 Å². The first-order chi connectivity index (χ1) is 16.8. The second-order valence-electron chi connectivity index (χ2n) is 12.0. The highest BCUT2D eigenvalue weighted by Gasteiger charge is 2.63. The minimum Gasteiger partial charge on any atom is -0.489 e. The normalized spacial score (nSPS) is 27.4. The van der Waals surface area contributed by atoms with E-state index >= 15 is 0 Å². The number of hydrogen-bond acceptors (Lipinski definition) is 6. The fourth-order valence-electron chi connectivity index (χ4n) is 5.85. The molecule has 4 aliphatic rings. The van der Waals surface area contributed by atoms with Gasteiger partial charge in [0.2, 0.25) is 0 Å². The zero-order valence-electron chi connectivity index (χ0n) is 21.4. The summed E-state index contributed by atoms with van der Waals surface area (Å²) in [5.41, 5.74) is -1.15. The van der Waals surface area contributed by atoms with Gasteiger partial charge in [-0.3, -0.25) is 0 Å². The highest BCUT2D eigenvalue weighted by atomic mass is 32.2. The minimum atomic E-state index is -3.48. The predicted octanol–water partition coefficient (Wildman–Crippen LogP) is 5.08. The van der Waals surface area contributed by atoms with Crippen LogP contribution in [0.5, 0.6) is 5.75 Å². The minimum absolute atomic E-state index is 0.00678. The number of nitrogens with one attached hydrogen (secondary N) is 1. The Morgan fingerprint density at radius 3 is 2.14 bits per heavy atom. The van der Waals surface area contributed by atoms with Gasteiger partial charge in [0.1, 0.15) is 18.0 Å². The molecule has 4 aliphatic carbocycles. The molecule has 36 heavy (non-hydrogen) atoms. The molecule has 5 rings (SSSR count). The second-order valence-corrected chi connectivity index (χ2v) is 13.9. The molecule has 1 aromatic carbocycles. The molecule has 200 valence electrons. The molecule has 4 fully saturated rings. The Bertz CT molecular complexity index is 1080. The SMILES string of the molecule is CC(C)(C)OC(=O)NC/C(=C\F)COc1ccc(S(=O)(=O)CC23CCC(C4(O)CC4)(CC2)CC3)cc1. The number of amides is 1. The molecule has 2 N–H and O–H groups in total. The molecule has 0 saturated heterocycles. The summed E-state index contributed by atoms with van der Waals surface area (Å²) in [7, 11) is -3.48. The molecule has 0 radical (unpaired) electrons. The summed E-state index contributed by atoms with van der Waals surface area (Å²) in [5.74, 6) is 0.529. The molecule has 2 bridgehead atoms. The lowest BCUT2D eigenvalue weighted by Crippen LogP contribution is -2.51. The first-order valence-corrected chi connectivity index (χ1v) is 14.4. The van der Waals surface area contributed by atoms with Crippen LogP contribution in [0, 0.1) is 10.8 Å². The van der Waals surface area contributed by atoms with Crippen LogP contribution in [-0.2, 0) is 14.6 Å². The molecule has 0 heterocycles. The molecule has 4 saturated carbocycles. The van der Waals surface area contributed by atoms with Crippen LogP contribution in [0.15, 0.2) is 41.1 Å².